The third kappa shape index (κ3) is 10.3. The molecule has 6 aromatic carbocycles. The average molecular weight is 820 g/mol. The number of carbonyl (C=O) groups excluding carboxylic acids is 4. The maximum Gasteiger partial charge on any atom is 0.338 e. The summed E-state index contributed by atoms with van der Waals surface area (Å²) in [5.41, 5.74) is 8.56. The van der Waals surface area contributed by atoms with E-state index in [2.05, 4.69) is 19.1 Å². The molecule has 0 saturated carbocycles. The Morgan fingerprint density at radius 3 is 1.54 bits per heavy atom. The largest absolute Gasteiger partial charge is 0.460 e. The number of ether oxygens (including phenoxy) is 6. The topological polar surface area (TPSA) is 150 Å². The highest BCUT2D eigenvalue weighted by molar-refractivity contribution is 5.91. The molecule has 0 aliphatic carbocycles. The Morgan fingerprint density at radius 1 is 0.574 bits per heavy atom. The Bertz CT molecular complexity index is 2430. The minimum Gasteiger partial charge on any atom is -0.460 e. The van der Waals surface area contributed by atoms with Crippen LogP contribution in [0.5, 0.6) is 5.75 Å². The summed E-state index contributed by atoms with van der Waals surface area (Å²) in [5.74, 6) is -2.85. The Morgan fingerprint density at radius 2 is 1.03 bits per heavy atom. The third-order valence-electron chi connectivity index (χ3n) is 10.3. The molecule has 1 aliphatic rings. The van der Waals surface area contributed by atoms with Gasteiger partial charge in [-0.15, -0.1) is 0 Å². The molecule has 1 fully saturated rings. The number of hydrogen-bond acceptors (Lipinski definition) is 11. The zero-order valence-electron chi connectivity index (χ0n) is 33.7. The number of nitrogen functional groups attached to an aromatic ring is 1. The van der Waals surface area contributed by atoms with Crippen molar-refractivity contribution in [3.63, 3.8) is 0 Å². The maximum absolute atomic E-state index is 14.1. The number of hydrogen-bond donors (Lipinski definition) is 1. The normalized spacial score (nSPS) is 19.5. The lowest BCUT2D eigenvalue weighted by Gasteiger charge is -2.49. The molecule has 5 atom stereocenters. The van der Waals surface area contributed by atoms with Crippen molar-refractivity contribution in [1.82, 2.24) is 0 Å². The second kappa shape index (κ2) is 19.2. The predicted molar refractivity (Wildman–Crippen MR) is 227 cm³/mol. The number of carbonyl (C=O) groups is 4. The van der Waals surface area contributed by atoms with Crippen molar-refractivity contribution in [2.75, 3.05) is 12.3 Å². The molecule has 61 heavy (non-hydrogen) atoms. The van der Waals surface area contributed by atoms with E-state index in [0.717, 1.165) is 12.0 Å². The first-order valence-corrected chi connectivity index (χ1v) is 19.9. The zero-order valence-corrected chi connectivity index (χ0v) is 33.7. The molecule has 11 heteroatoms. The molecular weight excluding hydrogens is 775 g/mol. The molecule has 0 bridgehead atoms. The van der Waals surface area contributed by atoms with Crippen molar-refractivity contribution in [2.24, 2.45) is 0 Å². The van der Waals surface area contributed by atoms with E-state index in [0.29, 0.717) is 17.7 Å². The number of aryl methyl sites for hydroxylation is 1. The number of benzene rings is 6. The minimum atomic E-state index is -1.81. The summed E-state index contributed by atoms with van der Waals surface area (Å²) in [4.78, 5) is 55.6. The Labute approximate surface area is 353 Å². The molecule has 0 aromatic heterocycles. The van der Waals surface area contributed by atoms with E-state index in [-0.39, 0.29) is 28.0 Å². The van der Waals surface area contributed by atoms with Gasteiger partial charge >= 0.3 is 23.9 Å². The van der Waals surface area contributed by atoms with Gasteiger partial charge in [-0.25, -0.2) is 19.2 Å². The van der Waals surface area contributed by atoms with E-state index in [1.165, 1.54) is 5.56 Å². The van der Waals surface area contributed by atoms with Gasteiger partial charge in [-0.1, -0.05) is 110 Å². The molecule has 11 nitrogen and oxygen atoms in total. The summed E-state index contributed by atoms with van der Waals surface area (Å²) in [6.45, 7) is 3.10. The van der Waals surface area contributed by atoms with Crippen LogP contribution >= 0.6 is 0 Å². The smallest absolute Gasteiger partial charge is 0.338 e. The quantitative estimate of drug-likeness (QED) is 0.0641. The van der Waals surface area contributed by atoms with Crippen LogP contribution in [0.25, 0.3) is 0 Å². The average Bonchev–Trinajstić information content (AvgIpc) is 3.30. The maximum atomic E-state index is 14.1. The van der Waals surface area contributed by atoms with Gasteiger partial charge in [0.1, 0.15) is 18.0 Å². The van der Waals surface area contributed by atoms with Crippen molar-refractivity contribution < 1.29 is 47.6 Å². The van der Waals surface area contributed by atoms with Gasteiger partial charge in [-0.2, -0.15) is 0 Å². The number of anilines is 1. The SMILES string of the molecule is CCc1ccc(Cc2ccc(N)cc2O[C@@H]2O[C@](C)(COC(=O)c3ccccc3)[C@@H](OC(=O)c3ccccc3)[C@H](OC(=O)c3ccccc3)[C@H]2OC(=O)c2ccccc2)cc1. The molecule has 0 unspecified atom stereocenters. The first-order chi connectivity index (χ1) is 29.6. The van der Waals surface area contributed by atoms with Crippen LogP contribution in [0, 0.1) is 0 Å². The van der Waals surface area contributed by atoms with Crippen molar-refractivity contribution in [3.8, 4) is 5.75 Å². The molecule has 0 radical (unpaired) electrons. The van der Waals surface area contributed by atoms with E-state index in [9.17, 15) is 19.2 Å². The highest BCUT2D eigenvalue weighted by Crippen LogP contribution is 2.39. The first-order valence-electron chi connectivity index (χ1n) is 19.9. The Kier molecular flexibility index (Phi) is 13.2. The van der Waals surface area contributed by atoms with E-state index in [4.69, 9.17) is 34.2 Å². The van der Waals surface area contributed by atoms with Crippen molar-refractivity contribution in [3.05, 3.63) is 203 Å². The first kappa shape index (κ1) is 41.9. The molecular formula is C50H45NO10. The van der Waals surface area contributed by atoms with E-state index in [1.807, 2.05) is 18.2 Å². The van der Waals surface area contributed by atoms with Crippen LogP contribution in [0.3, 0.4) is 0 Å². The van der Waals surface area contributed by atoms with Crippen LogP contribution in [0.1, 0.15) is 72.0 Å². The third-order valence-corrected chi connectivity index (χ3v) is 10.3. The Hall–Kier alpha value is -7.24. The minimum absolute atomic E-state index is 0.164. The summed E-state index contributed by atoms with van der Waals surface area (Å²) in [5, 5.41) is 0. The van der Waals surface area contributed by atoms with Gasteiger partial charge in [0.05, 0.1) is 22.3 Å². The fourth-order valence-electron chi connectivity index (χ4n) is 6.95. The van der Waals surface area contributed by atoms with Gasteiger partial charge in [0.15, 0.2) is 12.2 Å². The fourth-order valence-corrected chi connectivity index (χ4v) is 6.95. The highest BCUT2D eigenvalue weighted by Gasteiger charge is 2.60. The number of nitrogens with two attached hydrogens (primary N) is 1. The van der Waals surface area contributed by atoms with Gasteiger partial charge in [0.25, 0.3) is 0 Å². The number of esters is 4. The van der Waals surface area contributed by atoms with Crippen LogP contribution in [0.4, 0.5) is 5.69 Å². The van der Waals surface area contributed by atoms with E-state index < -0.39 is 60.7 Å². The van der Waals surface area contributed by atoms with Crippen LogP contribution in [-0.4, -0.2) is 60.7 Å². The summed E-state index contributed by atoms with van der Waals surface area (Å²) < 4.78 is 38.1. The van der Waals surface area contributed by atoms with Gasteiger partial charge in [-0.05, 0) is 84.6 Å². The van der Waals surface area contributed by atoms with Crippen LogP contribution in [0.2, 0.25) is 0 Å². The second-order valence-electron chi connectivity index (χ2n) is 14.7. The number of rotatable bonds is 14. The second-order valence-corrected chi connectivity index (χ2v) is 14.7. The summed E-state index contributed by atoms with van der Waals surface area (Å²) >= 11 is 0. The molecule has 1 aliphatic heterocycles. The Balaban J connectivity index is 1.35. The van der Waals surface area contributed by atoms with Crippen LogP contribution in [0.15, 0.2) is 164 Å². The summed E-state index contributed by atoms with van der Waals surface area (Å²) in [7, 11) is 0. The molecule has 1 saturated heterocycles. The van der Waals surface area contributed by atoms with E-state index in [1.54, 1.807) is 140 Å². The van der Waals surface area contributed by atoms with Gasteiger partial charge < -0.3 is 34.2 Å². The fraction of sp³-hybridized carbons (Fsp3) is 0.200. The van der Waals surface area contributed by atoms with Crippen LogP contribution < -0.4 is 10.5 Å². The van der Waals surface area contributed by atoms with Crippen LogP contribution in [-0.2, 0) is 36.5 Å². The molecule has 2 N–H and O–H groups in total. The van der Waals surface area contributed by atoms with Crippen molar-refractivity contribution in [2.45, 2.75) is 56.9 Å². The predicted octanol–water partition coefficient (Wildman–Crippen LogP) is 8.45. The zero-order chi connectivity index (χ0) is 42.8. The lowest BCUT2D eigenvalue weighted by molar-refractivity contribution is -0.310. The highest BCUT2D eigenvalue weighted by atomic mass is 16.7. The molecule has 310 valence electrons. The van der Waals surface area contributed by atoms with Gasteiger partial charge in [0, 0.05) is 18.2 Å². The molecule has 7 rings (SSSR count). The molecule has 0 spiro atoms. The van der Waals surface area contributed by atoms with Crippen molar-refractivity contribution >= 4 is 29.6 Å². The molecule has 6 aromatic rings. The summed E-state index contributed by atoms with van der Waals surface area (Å²) in [6.07, 6.45) is -5.03. The van der Waals surface area contributed by atoms with Gasteiger partial charge in [0.2, 0.25) is 12.4 Å². The standard InChI is InChI=1S/C50H45NO10/c1-3-33-24-26-34(27-25-33)30-39-28-29-40(51)31-41(39)57-49-43(59-47(54)37-20-12-6-13-21-37)42(58-46(53)36-18-10-5-11-19-36)44(60-48(55)38-22-14-7-15-23-38)50(2,61-49)32-56-45(52)35-16-8-4-9-17-35/h4-29,31,42-44,49H,3,30,32,51H2,1-2H3/t42-,43-,44+,49-,50-/m1/s1. The lowest BCUT2D eigenvalue weighted by atomic mass is 9.87. The molecule has 1 heterocycles. The monoisotopic (exact) mass is 819 g/mol. The summed E-state index contributed by atoms with van der Waals surface area (Å²) in [6, 6.07) is 46.2. The molecule has 0 amide bonds. The van der Waals surface area contributed by atoms with Gasteiger partial charge in [-0.3, -0.25) is 0 Å². The van der Waals surface area contributed by atoms with E-state index >= 15 is 0 Å². The van der Waals surface area contributed by atoms with Crippen molar-refractivity contribution in [1.29, 1.82) is 0 Å². The lowest BCUT2D eigenvalue weighted by Crippen LogP contribution is -2.68.